The third-order valence-electron chi connectivity index (χ3n) is 9.26. The topological polar surface area (TPSA) is 240 Å². The fraction of sp³-hybridized carbons (Fsp3) is 0.868. The lowest BCUT2D eigenvalue weighted by Crippen LogP contribution is -2.45. The number of sulfonamides is 1. The van der Waals surface area contributed by atoms with Crippen molar-refractivity contribution in [1.29, 1.82) is 0 Å². The molecule has 2 aliphatic carbocycles. The number of rotatable bonds is 34. The summed E-state index contributed by atoms with van der Waals surface area (Å²) in [7, 11) is -3.61. The van der Waals surface area contributed by atoms with Gasteiger partial charge in [0.05, 0.1) is 110 Å². The minimum Gasteiger partial charge on any atom is -0.379 e. The number of carbonyl (C=O) groups is 2. The lowest BCUT2D eigenvalue weighted by Gasteiger charge is -2.37. The number of hydrogen-bond acceptors (Lipinski definition) is 13. The standard InChI is InChI=1S/C38H69F2N5O13S/c1-3-50-14-15-54-22-23-57-25-24-55-19-16-51-11-8-35(46)43-9-12-52-17-20-56-21-18-53-13-10-44-59(48,49)32-6-4-31(5-7-32)58-36-33(39)27-30(28-34(36)40)26-29(2)37(47)45-38(41)42/h26,30-34,36,44H,3-25,27-28H2,1-2H3,(H,43,46)(H4,41,42,45,47)/b29-26+. The highest BCUT2D eigenvalue weighted by Gasteiger charge is 2.41. The molecular weight excluding hydrogens is 805 g/mol. The molecule has 0 saturated heterocycles. The van der Waals surface area contributed by atoms with Gasteiger partial charge >= 0.3 is 0 Å². The number of halogens is 2. The van der Waals surface area contributed by atoms with Crippen molar-refractivity contribution in [2.45, 2.75) is 88.6 Å². The number of aliphatic imine (C=N–C) groups is 1. The third kappa shape index (κ3) is 25.2. The highest BCUT2D eigenvalue weighted by Crippen LogP contribution is 2.35. The summed E-state index contributed by atoms with van der Waals surface area (Å²) in [6.07, 6.45) is -1.84. The number of nitrogens with one attached hydrogen (secondary N) is 2. The van der Waals surface area contributed by atoms with Gasteiger partial charge in [0, 0.05) is 31.7 Å². The van der Waals surface area contributed by atoms with E-state index in [1.807, 2.05) is 6.92 Å². The Morgan fingerprint density at radius 1 is 0.695 bits per heavy atom. The molecule has 0 aromatic heterocycles. The predicted molar refractivity (Wildman–Crippen MR) is 215 cm³/mol. The van der Waals surface area contributed by atoms with Crippen molar-refractivity contribution in [3.8, 4) is 0 Å². The molecule has 18 nitrogen and oxygen atoms in total. The molecule has 21 heteroatoms. The molecule has 344 valence electrons. The molecule has 0 spiro atoms. The minimum atomic E-state index is -3.61. The minimum absolute atomic E-state index is 0.0148. The van der Waals surface area contributed by atoms with Crippen LogP contribution >= 0.6 is 0 Å². The number of hydrogen-bond donors (Lipinski definition) is 4. The average Bonchev–Trinajstić information content (AvgIpc) is 3.19. The summed E-state index contributed by atoms with van der Waals surface area (Å²) in [6, 6.07) is 0. The van der Waals surface area contributed by atoms with Crippen LogP contribution in [0.3, 0.4) is 0 Å². The van der Waals surface area contributed by atoms with Crippen LogP contribution in [0.5, 0.6) is 0 Å². The molecule has 2 aliphatic rings. The Kier molecular flexibility index (Phi) is 28.8. The normalized spacial score (nSPS) is 22.6. The van der Waals surface area contributed by atoms with Crippen LogP contribution in [-0.2, 0) is 62.2 Å². The van der Waals surface area contributed by atoms with Gasteiger partial charge in [-0.15, -0.1) is 0 Å². The first-order chi connectivity index (χ1) is 28.4. The lowest BCUT2D eigenvalue weighted by molar-refractivity contribution is -0.122. The zero-order chi connectivity index (χ0) is 43.1. The third-order valence-corrected chi connectivity index (χ3v) is 11.2. The molecule has 0 aromatic carbocycles. The zero-order valence-electron chi connectivity index (χ0n) is 34.8. The van der Waals surface area contributed by atoms with Crippen LogP contribution in [0.4, 0.5) is 8.78 Å². The maximum absolute atomic E-state index is 15.0. The largest absolute Gasteiger partial charge is 0.379 e. The smallest absolute Gasteiger partial charge is 0.275 e. The van der Waals surface area contributed by atoms with Gasteiger partial charge in [0.25, 0.3) is 5.91 Å². The molecular formula is C38H69F2N5O13S. The second-order valence-electron chi connectivity index (χ2n) is 14.0. The lowest BCUT2D eigenvalue weighted by atomic mass is 9.83. The summed E-state index contributed by atoms with van der Waals surface area (Å²) in [5, 5.41) is 2.12. The van der Waals surface area contributed by atoms with Gasteiger partial charge in [0.1, 0.15) is 18.4 Å². The Labute approximate surface area is 348 Å². The van der Waals surface area contributed by atoms with Crippen molar-refractivity contribution in [3.05, 3.63) is 11.6 Å². The van der Waals surface area contributed by atoms with Crippen molar-refractivity contribution in [2.24, 2.45) is 22.4 Å². The summed E-state index contributed by atoms with van der Waals surface area (Å²) >= 11 is 0. The van der Waals surface area contributed by atoms with Crippen molar-refractivity contribution in [2.75, 3.05) is 119 Å². The van der Waals surface area contributed by atoms with E-state index in [0.717, 1.165) is 0 Å². The van der Waals surface area contributed by atoms with E-state index >= 15 is 8.78 Å². The quantitative estimate of drug-likeness (QED) is 0.0307. The van der Waals surface area contributed by atoms with E-state index in [1.165, 1.54) is 13.0 Å². The maximum atomic E-state index is 15.0. The van der Waals surface area contributed by atoms with Gasteiger partial charge in [-0.2, -0.15) is 4.99 Å². The van der Waals surface area contributed by atoms with Gasteiger partial charge in [0.15, 0.2) is 5.96 Å². The molecule has 0 heterocycles. The van der Waals surface area contributed by atoms with Gasteiger partial charge in [-0.1, -0.05) is 6.08 Å². The van der Waals surface area contributed by atoms with Gasteiger partial charge < -0.3 is 59.4 Å². The predicted octanol–water partition coefficient (Wildman–Crippen LogP) is 1.09. The summed E-state index contributed by atoms with van der Waals surface area (Å²) in [5.74, 6) is -1.70. The summed E-state index contributed by atoms with van der Waals surface area (Å²) in [4.78, 5) is 27.3. The highest BCUT2D eigenvalue weighted by atomic mass is 32.2. The van der Waals surface area contributed by atoms with E-state index < -0.39 is 57.6 Å². The Hall–Kier alpha value is -2.44. The van der Waals surface area contributed by atoms with E-state index in [4.69, 9.17) is 54.1 Å². The molecule has 59 heavy (non-hydrogen) atoms. The Morgan fingerprint density at radius 2 is 1.15 bits per heavy atom. The van der Waals surface area contributed by atoms with Crippen LogP contribution in [-0.4, -0.2) is 175 Å². The van der Waals surface area contributed by atoms with Crippen molar-refractivity contribution in [3.63, 3.8) is 0 Å². The van der Waals surface area contributed by atoms with Gasteiger partial charge in [0.2, 0.25) is 15.9 Å². The van der Waals surface area contributed by atoms with E-state index in [9.17, 15) is 18.0 Å². The number of amides is 2. The van der Waals surface area contributed by atoms with Gasteiger partial charge in [-0.05, 0) is 58.3 Å². The SMILES string of the molecule is CCOCCOCCOCCOCCOCCC(=O)NCCOCCOCCOCCNS(=O)(=O)C1CCC(OC2C(F)CC(/C=C(\C)C(=O)N=C(N)N)CC2F)CC1. The zero-order valence-corrected chi connectivity index (χ0v) is 35.6. The molecule has 0 bridgehead atoms. The summed E-state index contributed by atoms with van der Waals surface area (Å²) in [6.45, 7) is 10.5. The average molecular weight is 874 g/mol. The first kappa shape index (κ1) is 52.7. The highest BCUT2D eigenvalue weighted by molar-refractivity contribution is 7.90. The molecule has 2 saturated carbocycles. The van der Waals surface area contributed by atoms with Gasteiger partial charge in [-0.3, -0.25) is 9.59 Å². The first-order valence-corrected chi connectivity index (χ1v) is 22.1. The molecule has 2 unspecified atom stereocenters. The number of allylic oxidation sites excluding steroid dienone is 1. The molecule has 2 atom stereocenters. The van der Waals surface area contributed by atoms with E-state index in [1.54, 1.807) is 0 Å². The summed E-state index contributed by atoms with van der Waals surface area (Å²) < 4.78 is 107. The molecule has 2 fully saturated rings. The van der Waals surface area contributed by atoms with Crippen molar-refractivity contribution >= 4 is 27.8 Å². The van der Waals surface area contributed by atoms with Crippen molar-refractivity contribution < 1.29 is 69.4 Å². The van der Waals surface area contributed by atoms with E-state index in [0.29, 0.717) is 118 Å². The number of nitrogens with two attached hydrogens (primary N) is 2. The Balaban J connectivity index is 1.38. The van der Waals surface area contributed by atoms with Crippen LogP contribution in [0, 0.1) is 5.92 Å². The molecule has 0 aliphatic heterocycles. The van der Waals surface area contributed by atoms with Crippen molar-refractivity contribution in [1.82, 2.24) is 10.0 Å². The molecule has 2 amide bonds. The van der Waals surface area contributed by atoms with Gasteiger partial charge in [-0.25, -0.2) is 21.9 Å². The van der Waals surface area contributed by atoms with Crippen LogP contribution in [0.15, 0.2) is 16.6 Å². The molecule has 0 radical (unpaired) electrons. The van der Waals surface area contributed by atoms with E-state index in [2.05, 4.69) is 15.0 Å². The number of nitrogens with zero attached hydrogens (tertiary/aromatic N) is 1. The first-order valence-electron chi connectivity index (χ1n) is 20.6. The monoisotopic (exact) mass is 873 g/mol. The summed E-state index contributed by atoms with van der Waals surface area (Å²) in [5.41, 5.74) is 10.6. The number of guanidine groups is 1. The van der Waals surface area contributed by atoms with Crippen LogP contribution in [0.1, 0.15) is 58.8 Å². The molecule has 0 aromatic rings. The molecule has 6 N–H and O–H groups in total. The Morgan fingerprint density at radius 3 is 1.64 bits per heavy atom. The Bertz CT molecular complexity index is 1300. The fourth-order valence-electron chi connectivity index (χ4n) is 6.26. The second kappa shape index (κ2) is 32.3. The number of carbonyl (C=O) groups excluding carboxylic acids is 2. The van der Waals surface area contributed by atoms with Crippen LogP contribution in [0.2, 0.25) is 0 Å². The fourth-order valence-corrected chi connectivity index (χ4v) is 7.76. The van der Waals surface area contributed by atoms with E-state index in [-0.39, 0.29) is 57.1 Å². The number of ether oxygens (including phenoxy) is 9. The molecule has 2 rings (SSSR count). The van der Waals surface area contributed by atoms with Crippen LogP contribution < -0.4 is 21.5 Å². The maximum Gasteiger partial charge on any atom is 0.275 e. The van der Waals surface area contributed by atoms with Crippen LogP contribution in [0.25, 0.3) is 0 Å². The number of alkyl halides is 2. The second-order valence-corrected chi connectivity index (χ2v) is 16.0.